The van der Waals surface area contributed by atoms with Gasteiger partial charge in [-0.05, 0) is 79.6 Å². The van der Waals surface area contributed by atoms with Crippen molar-refractivity contribution < 1.29 is 27.8 Å². The highest BCUT2D eigenvalue weighted by atomic mass is 19.2. The minimum atomic E-state index is -1.53. The molecule has 5 nitrogen and oxygen atoms in total. The van der Waals surface area contributed by atoms with E-state index in [1.54, 1.807) is 7.11 Å². The molecule has 1 aliphatic carbocycles. The number of amides is 1. The van der Waals surface area contributed by atoms with Gasteiger partial charge in [-0.15, -0.1) is 0 Å². The summed E-state index contributed by atoms with van der Waals surface area (Å²) in [6, 6.07) is 9.61. The molecule has 4 unspecified atom stereocenters. The molecule has 1 aliphatic heterocycles. The number of methoxy groups -OCH3 is 1. The number of benzene rings is 2. The second-order valence-corrected chi connectivity index (χ2v) is 9.51. The standard InChI is InChI=1S/C27H31F3N2O3/c1-35-21-7-4-19(5-8-21)22-10-11-32(16-25(22)33)15-18-2-6-20(12-18)31-26(34)9-3-17-13-23(28)27(30)24(29)14-17/h3-5,7-9,13-14,18,20,22,25,33H,2,6,10-12,15-16H2,1H3,(H,31,34)/b9-3+. The van der Waals surface area contributed by atoms with E-state index < -0.39 is 23.6 Å². The fourth-order valence-electron chi connectivity index (χ4n) is 5.23. The van der Waals surface area contributed by atoms with Crippen LogP contribution in [0, 0.1) is 23.4 Å². The van der Waals surface area contributed by atoms with Crippen LogP contribution >= 0.6 is 0 Å². The summed E-state index contributed by atoms with van der Waals surface area (Å²) in [6.07, 6.45) is 5.61. The number of nitrogens with one attached hydrogen (secondary N) is 1. The molecule has 2 N–H and O–H groups in total. The predicted molar refractivity (Wildman–Crippen MR) is 127 cm³/mol. The van der Waals surface area contributed by atoms with Crippen LogP contribution in [0.3, 0.4) is 0 Å². The average molecular weight is 489 g/mol. The van der Waals surface area contributed by atoms with Crippen LogP contribution in [-0.4, -0.2) is 54.8 Å². The molecule has 1 amide bonds. The monoisotopic (exact) mass is 488 g/mol. The zero-order valence-corrected chi connectivity index (χ0v) is 19.7. The maximum Gasteiger partial charge on any atom is 0.244 e. The fraction of sp³-hybridized carbons (Fsp3) is 0.444. The Labute approximate surface area is 203 Å². The summed E-state index contributed by atoms with van der Waals surface area (Å²) in [7, 11) is 1.64. The number of aliphatic hydroxyl groups excluding tert-OH is 1. The zero-order valence-electron chi connectivity index (χ0n) is 19.7. The first-order valence-corrected chi connectivity index (χ1v) is 12.0. The van der Waals surface area contributed by atoms with Crippen LogP contribution in [0.15, 0.2) is 42.5 Å². The van der Waals surface area contributed by atoms with Crippen LogP contribution in [0.2, 0.25) is 0 Å². The van der Waals surface area contributed by atoms with Gasteiger partial charge in [-0.3, -0.25) is 4.79 Å². The van der Waals surface area contributed by atoms with Crippen molar-refractivity contribution in [2.75, 3.05) is 26.7 Å². The second kappa shape index (κ2) is 11.3. The molecule has 0 bridgehead atoms. The normalized spacial score (nSPS) is 25.2. The SMILES string of the molecule is COc1ccc(C2CCN(CC3CCC(NC(=O)/C=C/c4cc(F)c(F)c(F)c4)C3)CC2O)cc1. The first-order chi connectivity index (χ1) is 16.8. The maximum atomic E-state index is 13.3. The number of likely N-dealkylation sites (tertiary alicyclic amines) is 1. The van der Waals surface area contributed by atoms with Crippen molar-refractivity contribution in [3.05, 3.63) is 71.1 Å². The lowest BCUT2D eigenvalue weighted by Gasteiger charge is -2.37. The van der Waals surface area contributed by atoms with Crippen LogP contribution in [0.4, 0.5) is 13.2 Å². The lowest BCUT2D eigenvalue weighted by Crippen LogP contribution is -2.44. The molecule has 2 aromatic rings. The van der Waals surface area contributed by atoms with Crippen molar-refractivity contribution >= 4 is 12.0 Å². The third kappa shape index (κ3) is 6.44. The van der Waals surface area contributed by atoms with E-state index in [4.69, 9.17) is 4.74 Å². The molecule has 1 saturated heterocycles. The van der Waals surface area contributed by atoms with E-state index in [-0.39, 0.29) is 23.4 Å². The third-order valence-electron chi connectivity index (χ3n) is 7.05. The second-order valence-electron chi connectivity index (χ2n) is 9.51. The van der Waals surface area contributed by atoms with Crippen molar-refractivity contribution in [1.29, 1.82) is 0 Å². The maximum absolute atomic E-state index is 13.3. The van der Waals surface area contributed by atoms with Gasteiger partial charge in [-0.1, -0.05) is 12.1 Å². The van der Waals surface area contributed by atoms with Gasteiger partial charge in [0.15, 0.2) is 17.5 Å². The third-order valence-corrected chi connectivity index (χ3v) is 7.05. The van der Waals surface area contributed by atoms with E-state index in [0.717, 1.165) is 62.2 Å². The molecule has 8 heteroatoms. The highest BCUT2D eigenvalue weighted by Crippen LogP contribution is 2.32. The number of hydrogen-bond acceptors (Lipinski definition) is 4. The largest absolute Gasteiger partial charge is 0.497 e. The molecule has 0 aromatic heterocycles. The van der Waals surface area contributed by atoms with Crippen LogP contribution in [0.1, 0.15) is 42.7 Å². The summed E-state index contributed by atoms with van der Waals surface area (Å²) in [4.78, 5) is 14.6. The van der Waals surface area contributed by atoms with Gasteiger partial charge in [0.2, 0.25) is 5.91 Å². The average Bonchev–Trinajstić information content (AvgIpc) is 3.27. The van der Waals surface area contributed by atoms with Gasteiger partial charge in [-0.25, -0.2) is 13.2 Å². The van der Waals surface area contributed by atoms with Crippen molar-refractivity contribution in [3.8, 4) is 5.75 Å². The van der Waals surface area contributed by atoms with Gasteiger partial charge < -0.3 is 20.1 Å². The summed E-state index contributed by atoms with van der Waals surface area (Å²) in [5, 5.41) is 13.7. The molecule has 188 valence electrons. The predicted octanol–water partition coefficient (Wildman–Crippen LogP) is 4.26. The highest BCUT2D eigenvalue weighted by Gasteiger charge is 2.32. The van der Waals surface area contributed by atoms with E-state index in [0.29, 0.717) is 12.5 Å². The molecule has 2 aromatic carbocycles. The molecule has 0 spiro atoms. The molecule has 2 fully saturated rings. The Hall–Kier alpha value is -2.84. The number of aliphatic hydroxyl groups is 1. The molecule has 1 saturated carbocycles. The number of carbonyl (C=O) groups excluding carboxylic acids is 1. The van der Waals surface area contributed by atoms with Crippen LogP contribution in [0.5, 0.6) is 5.75 Å². The van der Waals surface area contributed by atoms with Gasteiger partial charge in [0.25, 0.3) is 0 Å². The summed E-state index contributed by atoms with van der Waals surface area (Å²) in [5.41, 5.74) is 1.21. The Kier molecular flexibility index (Phi) is 8.13. The van der Waals surface area contributed by atoms with Crippen LogP contribution < -0.4 is 10.1 Å². The van der Waals surface area contributed by atoms with E-state index in [1.165, 1.54) is 12.2 Å². The number of carbonyl (C=O) groups is 1. The topological polar surface area (TPSA) is 61.8 Å². The summed E-state index contributed by atoms with van der Waals surface area (Å²) in [5.74, 6) is -3.12. The van der Waals surface area contributed by atoms with Crippen molar-refractivity contribution in [3.63, 3.8) is 0 Å². The summed E-state index contributed by atoms with van der Waals surface area (Å²) >= 11 is 0. The first-order valence-electron chi connectivity index (χ1n) is 12.0. The minimum absolute atomic E-state index is 0.0283. The van der Waals surface area contributed by atoms with Crippen molar-refractivity contribution in [1.82, 2.24) is 10.2 Å². The number of β-amino-alcohol motifs (C(OH)–C–C–N with tert-alkyl or cyclic N) is 1. The molecular formula is C27H31F3N2O3. The van der Waals surface area contributed by atoms with Gasteiger partial charge in [0.05, 0.1) is 13.2 Å². The van der Waals surface area contributed by atoms with E-state index in [2.05, 4.69) is 10.2 Å². The molecular weight excluding hydrogens is 457 g/mol. The lowest BCUT2D eigenvalue weighted by atomic mass is 9.86. The number of nitrogens with zero attached hydrogens (tertiary/aromatic N) is 1. The van der Waals surface area contributed by atoms with Gasteiger partial charge >= 0.3 is 0 Å². The van der Waals surface area contributed by atoms with Crippen LogP contribution in [0.25, 0.3) is 6.08 Å². The van der Waals surface area contributed by atoms with Gasteiger partial charge in [0.1, 0.15) is 5.75 Å². The number of halogens is 3. The van der Waals surface area contributed by atoms with Crippen molar-refractivity contribution in [2.45, 2.75) is 43.7 Å². The van der Waals surface area contributed by atoms with E-state index >= 15 is 0 Å². The van der Waals surface area contributed by atoms with Crippen LogP contribution in [-0.2, 0) is 4.79 Å². The smallest absolute Gasteiger partial charge is 0.244 e. The lowest BCUT2D eigenvalue weighted by molar-refractivity contribution is -0.117. The number of hydrogen-bond donors (Lipinski definition) is 2. The summed E-state index contributed by atoms with van der Waals surface area (Å²) < 4.78 is 44.9. The molecule has 1 heterocycles. The minimum Gasteiger partial charge on any atom is -0.497 e. The molecule has 35 heavy (non-hydrogen) atoms. The number of ether oxygens (including phenoxy) is 1. The Morgan fingerprint density at radius 3 is 2.51 bits per heavy atom. The Bertz CT molecular complexity index is 1040. The Morgan fingerprint density at radius 2 is 1.86 bits per heavy atom. The summed E-state index contributed by atoms with van der Waals surface area (Å²) in [6.45, 7) is 2.41. The van der Waals surface area contributed by atoms with Gasteiger partial charge in [0, 0.05) is 31.1 Å². The highest BCUT2D eigenvalue weighted by molar-refractivity contribution is 5.91. The molecule has 4 atom stereocenters. The Balaban J connectivity index is 1.22. The van der Waals surface area contributed by atoms with Gasteiger partial charge in [-0.2, -0.15) is 0 Å². The quantitative estimate of drug-likeness (QED) is 0.452. The van der Waals surface area contributed by atoms with Crippen molar-refractivity contribution in [2.24, 2.45) is 5.92 Å². The first kappa shape index (κ1) is 25.3. The van der Waals surface area contributed by atoms with E-state index in [1.807, 2.05) is 24.3 Å². The molecule has 0 radical (unpaired) electrons. The Morgan fingerprint density at radius 1 is 1.14 bits per heavy atom. The fourth-order valence-corrected chi connectivity index (χ4v) is 5.23. The number of piperidine rings is 1. The van der Waals surface area contributed by atoms with E-state index in [9.17, 15) is 23.1 Å². The molecule has 4 rings (SSSR count). The number of rotatable bonds is 7. The molecule has 2 aliphatic rings. The zero-order chi connectivity index (χ0) is 24.9.